The molecule has 0 aromatic heterocycles. The number of ether oxygens (including phenoxy) is 2. The van der Waals surface area contributed by atoms with Crippen molar-refractivity contribution in [1.29, 1.82) is 0 Å². The minimum absolute atomic E-state index is 0.00191. The van der Waals surface area contributed by atoms with Crippen LogP contribution in [-0.4, -0.2) is 91.4 Å². The quantitative estimate of drug-likeness (QED) is 0.642. The Balaban J connectivity index is 0.000000311. The molecule has 2 atom stereocenters. The molecule has 30 heavy (non-hydrogen) atoms. The van der Waals surface area contributed by atoms with Crippen molar-refractivity contribution in [2.24, 2.45) is 0 Å². The van der Waals surface area contributed by atoms with Crippen LogP contribution in [0.1, 0.15) is 54.4 Å². The number of hydrogen-bond donors (Lipinski definition) is 1. The number of aliphatic hydroxyl groups excluding tert-OH is 1. The van der Waals surface area contributed by atoms with Gasteiger partial charge in [0.2, 0.25) is 0 Å². The van der Waals surface area contributed by atoms with Crippen LogP contribution in [0.25, 0.3) is 0 Å². The van der Waals surface area contributed by atoms with Crippen molar-refractivity contribution in [2.75, 3.05) is 32.6 Å². The molecule has 11 heteroatoms. The van der Waals surface area contributed by atoms with Gasteiger partial charge in [-0.15, -0.1) is 0 Å². The summed E-state index contributed by atoms with van der Waals surface area (Å²) in [7, 11) is -3.46. The van der Waals surface area contributed by atoms with Gasteiger partial charge in [-0.3, -0.25) is 4.18 Å². The van der Waals surface area contributed by atoms with Gasteiger partial charge in [-0.2, -0.15) is 8.42 Å². The molecule has 0 unspecified atom stereocenters. The topological polar surface area (TPSA) is 123 Å². The predicted molar refractivity (Wildman–Crippen MR) is 111 cm³/mol. The van der Waals surface area contributed by atoms with E-state index in [1.54, 1.807) is 25.7 Å². The lowest BCUT2D eigenvalue weighted by Crippen LogP contribution is -2.54. The maximum absolute atomic E-state index is 11.7. The van der Waals surface area contributed by atoms with Crippen LogP contribution >= 0.6 is 0 Å². The van der Waals surface area contributed by atoms with Crippen LogP contribution in [0.15, 0.2) is 0 Å². The summed E-state index contributed by atoms with van der Waals surface area (Å²) < 4.78 is 36.7. The molecule has 2 fully saturated rings. The molecule has 1 N–H and O–H groups in total. The Kier molecular flexibility index (Phi) is 8.94. The SMILES string of the molecule is CC(C)(C)OC(=O)N1CC[C@H]1CO.CC(C)(C)OC(=O)N1CC[C@H]1COS(C)(=O)=O. The number of aliphatic hydroxyl groups is 1. The van der Waals surface area contributed by atoms with Crippen LogP contribution in [0.4, 0.5) is 9.59 Å². The van der Waals surface area contributed by atoms with E-state index in [4.69, 9.17) is 14.6 Å². The Morgan fingerprint density at radius 2 is 1.30 bits per heavy atom. The summed E-state index contributed by atoms with van der Waals surface area (Å²) in [6, 6.07) is -0.241. The first-order valence-corrected chi connectivity index (χ1v) is 11.8. The van der Waals surface area contributed by atoms with Crippen molar-refractivity contribution in [3.8, 4) is 0 Å². The standard InChI is InChI=1S/C10H19NO5S.C9H17NO3/c1-10(2,3)16-9(12)11-6-5-8(11)7-15-17(4,13)14;1-9(2,3)13-8(12)10-5-4-7(10)6-11/h8H,5-7H2,1-4H3;7,11H,4-6H2,1-3H3/t8-;7-/m00/s1. The third kappa shape index (κ3) is 9.48. The Morgan fingerprint density at radius 3 is 1.57 bits per heavy atom. The molecular formula is C19H36N2O8S. The van der Waals surface area contributed by atoms with E-state index in [1.165, 1.54) is 4.90 Å². The zero-order valence-corrected chi connectivity index (χ0v) is 19.8. The van der Waals surface area contributed by atoms with E-state index >= 15 is 0 Å². The van der Waals surface area contributed by atoms with Gasteiger partial charge in [0.1, 0.15) is 11.2 Å². The van der Waals surface area contributed by atoms with Crippen molar-refractivity contribution >= 4 is 22.3 Å². The van der Waals surface area contributed by atoms with Gasteiger partial charge < -0.3 is 24.4 Å². The zero-order valence-electron chi connectivity index (χ0n) is 19.0. The summed E-state index contributed by atoms with van der Waals surface area (Å²) in [6.45, 7) is 12.1. The second kappa shape index (κ2) is 10.1. The summed E-state index contributed by atoms with van der Waals surface area (Å²) >= 11 is 0. The van der Waals surface area contributed by atoms with Crippen LogP contribution in [-0.2, 0) is 23.8 Å². The number of carbonyl (C=O) groups is 2. The van der Waals surface area contributed by atoms with Gasteiger partial charge in [-0.1, -0.05) is 0 Å². The molecule has 0 bridgehead atoms. The molecule has 0 aliphatic carbocycles. The van der Waals surface area contributed by atoms with Crippen molar-refractivity contribution in [3.05, 3.63) is 0 Å². The second-order valence-electron chi connectivity index (χ2n) is 9.40. The Bertz CT molecular complexity index is 694. The second-order valence-corrected chi connectivity index (χ2v) is 11.0. The summed E-state index contributed by atoms with van der Waals surface area (Å²) in [6.07, 6.45) is 1.84. The van der Waals surface area contributed by atoms with Gasteiger partial charge in [0.25, 0.3) is 10.1 Å². The van der Waals surface area contributed by atoms with Crippen molar-refractivity contribution in [3.63, 3.8) is 0 Å². The van der Waals surface area contributed by atoms with Crippen LogP contribution in [0.3, 0.4) is 0 Å². The van der Waals surface area contributed by atoms with Crippen molar-refractivity contribution in [1.82, 2.24) is 9.80 Å². The molecule has 0 saturated carbocycles. The first kappa shape index (κ1) is 26.4. The molecule has 2 heterocycles. The predicted octanol–water partition coefficient (Wildman–Crippen LogP) is 1.96. The summed E-state index contributed by atoms with van der Waals surface area (Å²) in [5.74, 6) is 0. The minimum atomic E-state index is -3.46. The number of amides is 2. The molecule has 2 amide bonds. The van der Waals surface area contributed by atoms with E-state index < -0.39 is 27.4 Å². The third-order valence-corrected chi connectivity index (χ3v) is 4.79. The Morgan fingerprint density at radius 1 is 0.900 bits per heavy atom. The fourth-order valence-electron chi connectivity index (χ4n) is 2.57. The number of nitrogens with zero attached hydrogens (tertiary/aromatic N) is 2. The Labute approximate surface area is 179 Å². The van der Waals surface area contributed by atoms with E-state index in [-0.39, 0.29) is 31.4 Å². The lowest BCUT2D eigenvalue weighted by Gasteiger charge is -2.40. The summed E-state index contributed by atoms with van der Waals surface area (Å²) in [5.41, 5.74) is -0.998. The van der Waals surface area contributed by atoms with Gasteiger partial charge >= 0.3 is 12.2 Å². The molecule has 0 aromatic rings. The average molecular weight is 453 g/mol. The van der Waals surface area contributed by atoms with Crippen LogP contribution in [0, 0.1) is 0 Å². The first-order chi connectivity index (χ1) is 13.5. The van der Waals surface area contributed by atoms with Crippen molar-refractivity contribution in [2.45, 2.75) is 77.7 Å². The number of rotatable bonds is 4. The van der Waals surface area contributed by atoms with Gasteiger partial charge in [0, 0.05) is 13.1 Å². The molecule has 0 aromatic carbocycles. The highest BCUT2D eigenvalue weighted by Crippen LogP contribution is 2.22. The molecule has 2 rings (SSSR count). The van der Waals surface area contributed by atoms with Gasteiger partial charge in [-0.05, 0) is 54.4 Å². The largest absolute Gasteiger partial charge is 0.444 e. The molecule has 10 nitrogen and oxygen atoms in total. The maximum atomic E-state index is 11.7. The van der Waals surface area contributed by atoms with E-state index in [9.17, 15) is 18.0 Å². The summed E-state index contributed by atoms with van der Waals surface area (Å²) in [4.78, 5) is 26.1. The fraction of sp³-hybridized carbons (Fsp3) is 0.895. The molecule has 2 aliphatic heterocycles. The van der Waals surface area contributed by atoms with Crippen LogP contribution in [0.5, 0.6) is 0 Å². The average Bonchev–Trinajstić information content (AvgIpc) is 2.40. The molecule has 0 spiro atoms. The number of hydrogen-bond acceptors (Lipinski definition) is 8. The zero-order chi connectivity index (χ0) is 23.3. The molecule has 2 aliphatic rings. The Hall–Kier alpha value is -1.59. The highest BCUT2D eigenvalue weighted by molar-refractivity contribution is 7.85. The highest BCUT2D eigenvalue weighted by atomic mass is 32.2. The van der Waals surface area contributed by atoms with Crippen LogP contribution in [0.2, 0.25) is 0 Å². The molecule has 176 valence electrons. The third-order valence-electron chi connectivity index (χ3n) is 4.23. The molecule has 0 radical (unpaired) electrons. The van der Waals surface area contributed by atoms with Crippen LogP contribution < -0.4 is 0 Å². The molecular weight excluding hydrogens is 416 g/mol. The minimum Gasteiger partial charge on any atom is -0.444 e. The van der Waals surface area contributed by atoms with E-state index in [2.05, 4.69) is 4.18 Å². The van der Waals surface area contributed by atoms with Gasteiger partial charge in [-0.25, -0.2) is 9.59 Å². The monoisotopic (exact) mass is 452 g/mol. The van der Waals surface area contributed by atoms with Gasteiger partial charge in [0.15, 0.2) is 0 Å². The fourth-order valence-corrected chi connectivity index (χ4v) is 2.97. The smallest absolute Gasteiger partial charge is 0.410 e. The molecule has 2 saturated heterocycles. The van der Waals surface area contributed by atoms with E-state index in [0.29, 0.717) is 13.1 Å². The van der Waals surface area contributed by atoms with Crippen molar-refractivity contribution < 1.29 is 36.8 Å². The maximum Gasteiger partial charge on any atom is 0.410 e. The number of likely N-dealkylation sites (tertiary alicyclic amines) is 2. The lowest BCUT2D eigenvalue weighted by atomic mass is 10.1. The van der Waals surface area contributed by atoms with E-state index in [0.717, 1.165) is 19.1 Å². The lowest BCUT2D eigenvalue weighted by molar-refractivity contribution is -0.0167. The van der Waals surface area contributed by atoms with E-state index in [1.807, 2.05) is 20.8 Å². The highest BCUT2D eigenvalue weighted by Gasteiger charge is 2.36. The first-order valence-electron chi connectivity index (χ1n) is 9.97. The normalized spacial score (nSPS) is 21.6. The number of carbonyl (C=O) groups excluding carboxylic acids is 2. The van der Waals surface area contributed by atoms with Gasteiger partial charge in [0.05, 0.1) is 31.6 Å². The summed E-state index contributed by atoms with van der Waals surface area (Å²) in [5, 5.41) is 8.85.